The van der Waals surface area contributed by atoms with Crippen molar-refractivity contribution >= 4 is 65.0 Å². The number of carbonyl (C=O) groups is 4. The molecule has 37 heavy (non-hydrogen) atoms. The van der Waals surface area contributed by atoms with E-state index in [9.17, 15) is 58.0 Å². The van der Waals surface area contributed by atoms with Crippen molar-refractivity contribution in [1.29, 1.82) is 0 Å². The minimum Gasteiger partial charge on any atom is -0.465 e. The summed E-state index contributed by atoms with van der Waals surface area (Å²) in [4.78, 5) is 47.0. The predicted octanol–water partition coefficient (Wildman–Crippen LogP) is -4.07. The molecule has 0 bridgehead atoms. The second kappa shape index (κ2) is 16.6. The SMILES string of the molecule is CC(C(=O)OCC(CO)(COC(=O)CC[SH](=O)=O)COC(=O)CC[SH](=O)=O)S(=O)(=O)CCC(=O)[SH](=O)=O. The van der Waals surface area contributed by atoms with E-state index in [-0.39, 0.29) is 0 Å². The van der Waals surface area contributed by atoms with Gasteiger partial charge in [-0.1, -0.05) is 0 Å². The van der Waals surface area contributed by atoms with Gasteiger partial charge in [0.1, 0.15) is 41.2 Å². The topological polar surface area (TPSA) is 253 Å². The van der Waals surface area contributed by atoms with E-state index in [1.807, 2.05) is 0 Å². The van der Waals surface area contributed by atoms with Crippen molar-refractivity contribution in [3.05, 3.63) is 0 Å². The molecule has 0 saturated heterocycles. The van der Waals surface area contributed by atoms with Crippen molar-refractivity contribution in [2.24, 2.45) is 5.41 Å². The molecule has 0 aromatic rings. The highest BCUT2D eigenvalue weighted by Gasteiger charge is 2.38. The van der Waals surface area contributed by atoms with Gasteiger partial charge in [-0.25, -0.2) is 33.7 Å². The molecule has 0 saturated carbocycles. The molecular formula is C17H28O16S4. The average Bonchev–Trinajstić information content (AvgIpc) is 2.83. The molecule has 0 aliphatic carbocycles. The highest BCUT2D eigenvalue weighted by atomic mass is 32.2. The average molecular weight is 617 g/mol. The first-order valence-electron chi connectivity index (χ1n) is 10.3. The Morgan fingerprint density at radius 3 is 1.59 bits per heavy atom. The molecule has 0 aliphatic heterocycles. The number of ether oxygens (including phenoxy) is 3. The lowest BCUT2D eigenvalue weighted by Gasteiger charge is -2.30. The molecule has 0 fully saturated rings. The number of thiol groups is 3. The molecule has 20 heteroatoms. The molecule has 0 aliphatic rings. The Morgan fingerprint density at radius 1 is 0.784 bits per heavy atom. The van der Waals surface area contributed by atoms with Gasteiger partial charge in [0.25, 0.3) is 0 Å². The van der Waals surface area contributed by atoms with Crippen molar-refractivity contribution in [3.63, 3.8) is 0 Å². The molecule has 0 amide bonds. The van der Waals surface area contributed by atoms with Gasteiger partial charge in [-0.2, -0.15) is 0 Å². The Bertz CT molecular complexity index is 1100. The van der Waals surface area contributed by atoms with Crippen LogP contribution in [0.15, 0.2) is 0 Å². The summed E-state index contributed by atoms with van der Waals surface area (Å²) in [6.45, 7) is -2.49. The summed E-state index contributed by atoms with van der Waals surface area (Å²) in [6.07, 6.45) is -2.01. The minimum absolute atomic E-state index is 0.546. The van der Waals surface area contributed by atoms with E-state index in [0.717, 1.165) is 6.92 Å². The Labute approximate surface area is 217 Å². The van der Waals surface area contributed by atoms with Gasteiger partial charge in [-0.05, 0) is 6.92 Å². The van der Waals surface area contributed by atoms with Crippen molar-refractivity contribution in [3.8, 4) is 0 Å². The first-order valence-corrected chi connectivity index (χ1v) is 15.9. The van der Waals surface area contributed by atoms with Crippen molar-refractivity contribution in [1.82, 2.24) is 0 Å². The fraction of sp³-hybridized carbons (Fsp3) is 0.765. The third kappa shape index (κ3) is 14.4. The van der Waals surface area contributed by atoms with Crippen LogP contribution in [0.3, 0.4) is 0 Å². The predicted molar refractivity (Wildman–Crippen MR) is 125 cm³/mol. The van der Waals surface area contributed by atoms with Gasteiger partial charge in [-0.15, -0.1) is 0 Å². The van der Waals surface area contributed by atoms with Crippen LogP contribution in [0, 0.1) is 5.41 Å². The number of sulfone groups is 1. The van der Waals surface area contributed by atoms with Gasteiger partial charge in [0.15, 0.2) is 15.1 Å². The smallest absolute Gasteiger partial charge is 0.324 e. The minimum atomic E-state index is -4.36. The second-order valence-corrected chi connectivity index (χ2v) is 13.3. The fourth-order valence-electron chi connectivity index (χ4n) is 2.22. The van der Waals surface area contributed by atoms with Crippen LogP contribution in [0.25, 0.3) is 0 Å². The van der Waals surface area contributed by atoms with Gasteiger partial charge < -0.3 is 19.3 Å². The third-order valence-corrected chi connectivity index (χ3v) is 8.46. The zero-order valence-corrected chi connectivity index (χ0v) is 23.0. The van der Waals surface area contributed by atoms with Crippen molar-refractivity contribution in [2.75, 3.05) is 43.7 Å². The summed E-state index contributed by atoms with van der Waals surface area (Å²) in [5.74, 6) is -5.52. The maximum Gasteiger partial charge on any atom is 0.324 e. The highest BCUT2D eigenvalue weighted by molar-refractivity contribution is 7.93. The Kier molecular flexibility index (Phi) is 15.7. The van der Waals surface area contributed by atoms with Gasteiger partial charge in [-0.3, -0.25) is 19.2 Å². The second-order valence-electron chi connectivity index (χ2n) is 7.61. The Balaban J connectivity index is 5.46. The summed E-state index contributed by atoms with van der Waals surface area (Å²) < 4.78 is 103. The molecular weight excluding hydrogens is 588 g/mol. The van der Waals surface area contributed by atoms with Gasteiger partial charge >= 0.3 is 17.9 Å². The fourth-order valence-corrected chi connectivity index (χ4v) is 4.59. The molecule has 1 unspecified atom stereocenters. The summed E-state index contributed by atoms with van der Waals surface area (Å²) in [5.41, 5.74) is -1.85. The molecule has 216 valence electrons. The number of aliphatic hydroxyl groups is 1. The summed E-state index contributed by atoms with van der Waals surface area (Å²) >= 11 is 0. The van der Waals surface area contributed by atoms with Gasteiger partial charge in [0.05, 0.1) is 42.1 Å². The maximum atomic E-state index is 12.3. The van der Waals surface area contributed by atoms with Crippen LogP contribution in [0.1, 0.15) is 26.2 Å². The Morgan fingerprint density at radius 2 is 1.22 bits per heavy atom. The summed E-state index contributed by atoms with van der Waals surface area (Å²) in [5, 5.41) is 6.63. The highest BCUT2D eigenvalue weighted by Crippen LogP contribution is 2.21. The normalized spacial score (nSPS) is 12.9. The van der Waals surface area contributed by atoms with E-state index < -0.39 is 139 Å². The molecule has 0 rings (SSSR count). The molecule has 0 spiro atoms. The summed E-state index contributed by atoms with van der Waals surface area (Å²) in [6, 6.07) is 0. The Hall–Kier alpha value is -2.16. The van der Waals surface area contributed by atoms with E-state index in [4.69, 9.17) is 14.2 Å². The molecule has 0 radical (unpaired) electrons. The lowest BCUT2D eigenvalue weighted by molar-refractivity contribution is -0.164. The molecule has 16 nitrogen and oxygen atoms in total. The summed E-state index contributed by atoms with van der Waals surface area (Å²) in [7, 11) is -13.7. The number of aliphatic hydroxyl groups excluding tert-OH is 1. The van der Waals surface area contributed by atoms with Crippen molar-refractivity contribution in [2.45, 2.75) is 31.4 Å². The first kappa shape index (κ1) is 34.8. The van der Waals surface area contributed by atoms with Crippen LogP contribution in [0.5, 0.6) is 0 Å². The number of hydrogen-bond donors (Lipinski definition) is 4. The van der Waals surface area contributed by atoms with Crippen LogP contribution in [0.2, 0.25) is 0 Å². The molecule has 1 N–H and O–H groups in total. The largest absolute Gasteiger partial charge is 0.465 e. The lowest BCUT2D eigenvalue weighted by atomic mass is 9.92. The number of esters is 3. The van der Waals surface area contributed by atoms with Gasteiger partial charge in [0.2, 0.25) is 15.8 Å². The monoisotopic (exact) mass is 616 g/mol. The number of rotatable bonds is 18. The zero-order chi connectivity index (χ0) is 28.8. The molecule has 1 atom stereocenters. The van der Waals surface area contributed by atoms with E-state index in [0.29, 0.717) is 0 Å². The van der Waals surface area contributed by atoms with E-state index in [1.165, 1.54) is 0 Å². The van der Waals surface area contributed by atoms with Crippen LogP contribution in [-0.2, 0) is 75.3 Å². The van der Waals surface area contributed by atoms with E-state index in [2.05, 4.69) is 0 Å². The molecule has 0 aromatic heterocycles. The zero-order valence-electron chi connectivity index (χ0n) is 19.5. The quantitative estimate of drug-likeness (QED) is 0.0649. The first-order chi connectivity index (χ1) is 17.0. The number of hydrogen-bond acceptors (Lipinski definition) is 16. The maximum absolute atomic E-state index is 12.3. The third-order valence-electron chi connectivity index (χ3n) is 4.61. The lowest BCUT2D eigenvalue weighted by Crippen LogP contribution is -2.44. The van der Waals surface area contributed by atoms with Crippen LogP contribution in [0.4, 0.5) is 0 Å². The van der Waals surface area contributed by atoms with Crippen LogP contribution in [-0.4, -0.2) is 111 Å². The van der Waals surface area contributed by atoms with E-state index in [1.54, 1.807) is 0 Å². The van der Waals surface area contributed by atoms with Crippen LogP contribution >= 0.6 is 0 Å². The number of carbonyl (C=O) groups excluding carboxylic acids is 4. The standard InChI is InChI=1S/C17H28O16S4/c1-12(37(29,30)7-4-15(21)36(27)28)16(22)33-11-17(8-18,9-31-13(19)2-5-34(23)24)10-32-14(20)3-6-35(25)26/h12,18,34-36H,2-11H2,1H3. The van der Waals surface area contributed by atoms with Gasteiger partial charge in [0, 0.05) is 6.42 Å². The van der Waals surface area contributed by atoms with Crippen molar-refractivity contribution < 1.29 is 72.2 Å². The van der Waals surface area contributed by atoms with E-state index >= 15 is 0 Å². The molecule has 0 aromatic carbocycles. The molecule has 0 heterocycles. The van der Waals surface area contributed by atoms with Crippen LogP contribution < -0.4 is 0 Å².